The van der Waals surface area contributed by atoms with E-state index in [1.807, 2.05) is 50.4 Å². The van der Waals surface area contributed by atoms with E-state index in [0.717, 1.165) is 5.56 Å². The van der Waals surface area contributed by atoms with Crippen molar-refractivity contribution in [1.29, 1.82) is 0 Å². The predicted octanol–water partition coefficient (Wildman–Crippen LogP) is 3.11. The molecule has 3 atom stereocenters. The molecule has 2 aromatic rings. The molecule has 0 unspecified atom stereocenters. The molecule has 4 N–H and O–H groups in total. The van der Waals surface area contributed by atoms with Crippen LogP contribution in [0.1, 0.15) is 25.8 Å². The van der Waals surface area contributed by atoms with Crippen LogP contribution < -0.4 is 20.9 Å². The molecule has 0 radical (unpaired) electrons. The molecular weight excluding hydrogens is 480 g/mol. The molecule has 0 aromatic heterocycles. The second-order valence-corrected chi connectivity index (χ2v) is 9.92. The molecule has 192 valence electrons. The molecule has 3 rings (SSSR count). The largest absolute Gasteiger partial charge is 0.480 e. The maximum Gasteiger partial charge on any atom is 0.326 e. The summed E-state index contributed by atoms with van der Waals surface area (Å²) in [6.45, 7) is 3.69. The Morgan fingerprint density at radius 2 is 1.69 bits per heavy atom. The number of anilines is 2. The van der Waals surface area contributed by atoms with Crippen LogP contribution in [0, 0.1) is 5.92 Å². The Balaban J connectivity index is 1.90. The van der Waals surface area contributed by atoms with Gasteiger partial charge in [0.25, 0.3) is 0 Å². The van der Waals surface area contributed by atoms with Crippen molar-refractivity contribution in [2.24, 2.45) is 5.92 Å². The summed E-state index contributed by atoms with van der Waals surface area (Å²) in [6, 6.07) is 12.6. The van der Waals surface area contributed by atoms with Crippen LogP contribution in [0.5, 0.6) is 0 Å². The Kier molecular flexibility index (Phi) is 9.35. The Bertz CT molecular complexity index is 1090. The number of fused-ring (bicyclic) bond motifs is 1. The predicted molar refractivity (Wildman–Crippen MR) is 141 cm³/mol. The Hall–Kier alpha value is -3.53. The average Bonchev–Trinajstić information content (AvgIpc) is 2.85. The van der Waals surface area contributed by atoms with E-state index in [0.29, 0.717) is 17.1 Å². The van der Waals surface area contributed by atoms with Gasteiger partial charge >= 0.3 is 12.0 Å². The number of aliphatic carboxylic acids is 1. The standard InChI is InChI=1S/C26H32N4O5S/c1-16(2)22-24(32)27-18-11-7-8-12-21(18)30(22)26(35)29-20(15-17-9-5-4-6-10-17)23(31)28-19(25(33)34)13-14-36-3/h4-12,16,19-20,22H,13-15H2,1-3H3,(H,27,32)(H,28,31)(H,29,35)(H,33,34)/t19-,20-,22-/m0/s1. The quantitative estimate of drug-likeness (QED) is 0.387. The fourth-order valence-corrected chi connectivity index (χ4v) is 4.61. The fraction of sp³-hybridized carbons (Fsp3) is 0.385. The second-order valence-electron chi connectivity index (χ2n) is 8.94. The first-order valence-corrected chi connectivity index (χ1v) is 13.2. The molecule has 0 saturated heterocycles. The molecular formula is C26H32N4O5S. The smallest absolute Gasteiger partial charge is 0.326 e. The Morgan fingerprint density at radius 1 is 1.03 bits per heavy atom. The number of urea groups is 1. The van der Waals surface area contributed by atoms with Crippen LogP contribution in [0.25, 0.3) is 0 Å². The highest BCUT2D eigenvalue weighted by Gasteiger charge is 2.40. The van der Waals surface area contributed by atoms with E-state index in [9.17, 15) is 24.3 Å². The third kappa shape index (κ3) is 6.57. The Labute approximate surface area is 215 Å². The van der Waals surface area contributed by atoms with Gasteiger partial charge in [0, 0.05) is 6.42 Å². The van der Waals surface area contributed by atoms with Gasteiger partial charge in [0.15, 0.2) is 0 Å². The van der Waals surface area contributed by atoms with Crippen molar-refractivity contribution in [2.75, 3.05) is 22.2 Å². The highest BCUT2D eigenvalue weighted by molar-refractivity contribution is 7.98. The van der Waals surface area contributed by atoms with Crippen LogP contribution in [0.4, 0.5) is 16.2 Å². The van der Waals surface area contributed by atoms with Crippen molar-refractivity contribution in [3.05, 3.63) is 60.2 Å². The van der Waals surface area contributed by atoms with Crippen LogP contribution in [0.2, 0.25) is 0 Å². The molecule has 0 saturated carbocycles. The van der Waals surface area contributed by atoms with Crippen molar-refractivity contribution >= 4 is 47.0 Å². The number of nitrogens with one attached hydrogen (secondary N) is 3. The summed E-state index contributed by atoms with van der Waals surface area (Å²) in [4.78, 5) is 52.9. The van der Waals surface area contributed by atoms with Gasteiger partial charge in [0.2, 0.25) is 11.8 Å². The number of carboxylic acids is 1. The number of hydrogen-bond donors (Lipinski definition) is 4. The van der Waals surface area contributed by atoms with Crippen molar-refractivity contribution in [3.8, 4) is 0 Å². The minimum absolute atomic E-state index is 0.154. The number of carbonyl (C=O) groups excluding carboxylic acids is 3. The zero-order valence-electron chi connectivity index (χ0n) is 20.6. The molecule has 4 amide bonds. The number of benzene rings is 2. The van der Waals surface area contributed by atoms with Gasteiger partial charge in [-0.05, 0) is 42.0 Å². The van der Waals surface area contributed by atoms with Crippen LogP contribution in [0.15, 0.2) is 54.6 Å². The third-order valence-electron chi connectivity index (χ3n) is 5.94. The van der Waals surface area contributed by atoms with Gasteiger partial charge in [0.1, 0.15) is 18.1 Å². The van der Waals surface area contributed by atoms with E-state index in [-0.39, 0.29) is 24.7 Å². The van der Waals surface area contributed by atoms with Crippen LogP contribution in [0.3, 0.4) is 0 Å². The van der Waals surface area contributed by atoms with Gasteiger partial charge in [0.05, 0.1) is 11.4 Å². The maximum atomic E-state index is 13.7. The normalized spacial score (nSPS) is 16.5. The number of carbonyl (C=O) groups is 4. The van der Waals surface area contributed by atoms with E-state index in [1.54, 1.807) is 24.3 Å². The van der Waals surface area contributed by atoms with Crippen molar-refractivity contribution in [1.82, 2.24) is 10.6 Å². The first kappa shape index (κ1) is 27.1. The summed E-state index contributed by atoms with van der Waals surface area (Å²) in [7, 11) is 0. The van der Waals surface area contributed by atoms with Gasteiger partial charge in [-0.3, -0.25) is 14.5 Å². The molecule has 10 heteroatoms. The highest BCUT2D eigenvalue weighted by atomic mass is 32.2. The van der Waals surface area contributed by atoms with Gasteiger partial charge in [-0.1, -0.05) is 56.3 Å². The van der Waals surface area contributed by atoms with Gasteiger partial charge in [-0.2, -0.15) is 11.8 Å². The van der Waals surface area contributed by atoms with E-state index >= 15 is 0 Å². The number of hydrogen-bond acceptors (Lipinski definition) is 5. The lowest BCUT2D eigenvalue weighted by Gasteiger charge is -2.39. The summed E-state index contributed by atoms with van der Waals surface area (Å²) >= 11 is 1.48. The summed E-state index contributed by atoms with van der Waals surface area (Å²) < 4.78 is 0. The first-order valence-electron chi connectivity index (χ1n) is 11.8. The minimum Gasteiger partial charge on any atom is -0.480 e. The Morgan fingerprint density at radius 3 is 2.33 bits per heavy atom. The number of amides is 4. The molecule has 9 nitrogen and oxygen atoms in total. The monoisotopic (exact) mass is 512 g/mol. The molecule has 0 spiro atoms. The average molecular weight is 513 g/mol. The molecule has 0 aliphatic carbocycles. The third-order valence-corrected chi connectivity index (χ3v) is 6.58. The summed E-state index contributed by atoms with van der Waals surface area (Å²) in [5, 5.41) is 17.8. The summed E-state index contributed by atoms with van der Waals surface area (Å²) in [5.74, 6) is -1.69. The zero-order valence-corrected chi connectivity index (χ0v) is 21.4. The number of carboxylic acid groups (broad SMARTS) is 1. The lowest BCUT2D eigenvalue weighted by Crippen LogP contribution is -2.60. The summed E-state index contributed by atoms with van der Waals surface area (Å²) in [5.41, 5.74) is 1.82. The van der Waals surface area contributed by atoms with E-state index in [4.69, 9.17) is 0 Å². The first-order chi connectivity index (χ1) is 17.2. The SMILES string of the molecule is CSCC[C@H](NC(=O)[C@H](Cc1ccccc1)NC(=O)N1c2ccccc2NC(=O)[C@@H]1C(C)C)C(=O)O. The van der Waals surface area contributed by atoms with Crippen LogP contribution >= 0.6 is 11.8 Å². The topological polar surface area (TPSA) is 128 Å². The molecule has 1 aliphatic heterocycles. The van der Waals surface area contributed by atoms with Gasteiger partial charge < -0.3 is 21.1 Å². The number of rotatable bonds is 10. The minimum atomic E-state index is -1.14. The van der Waals surface area contributed by atoms with Crippen molar-refractivity contribution in [3.63, 3.8) is 0 Å². The second kappa shape index (κ2) is 12.4. The van der Waals surface area contributed by atoms with Crippen molar-refractivity contribution < 1.29 is 24.3 Å². The number of thioether (sulfide) groups is 1. The van der Waals surface area contributed by atoms with Crippen LogP contribution in [-0.4, -0.2) is 59.1 Å². The summed E-state index contributed by atoms with van der Waals surface area (Å²) in [6.07, 6.45) is 2.27. The molecule has 36 heavy (non-hydrogen) atoms. The lowest BCUT2D eigenvalue weighted by atomic mass is 9.98. The lowest BCUT2D eigenvalue weighted by molar-refractivity contribution is -0.142. The number of nitrogens with zero attached hydrogens (tertiary/aromatic N) is 1. The molecule has 0 fully saturated rings. The fourth-order valence-electron chi connectivity index (χ4n) is 4.14. The number of para-hydroxylation sites is 2. The van der Waals surface area contributed by atoms with Crippen LogP contribution in [-0.2, 0) is 20.8 Å². The molecule has 1 aliphatic rings. The maximum absolute atomic E-state index is 13.7. The molecule has 1 heterocycles. The van der Waals surface area contributed by atoms with E-state index in [2.05, 4.69) is 16.0 Å². The highest BCUT2D eigenvalue weighted by Crippen LogP contribution is 2.34. The van der Waals surface area contributed by atoms with Crippen molar-refractivity contribution in [2.45, 2.75) is 44.8 Å². The van der Waals surface area contributed by atoms with E-state index in [1.165, 1.54) is 16.7 Å². The van der Waals surface area contributed by atoms with Gasteiger partial charge in [-0.15, -0.1) is 0 Å². The molecule has 2 aromatic carbocycles. The molecule has 0 bridgehead atoms. The zero-order chi connectivity index (χ0) is 26.2. The van der Waals surface area contributed by atoms with Gasteiger partial charge in [-0.25, -0.2) is 9.59 Å². The van der Waals surface area contributed by atoms with E-state index < -0.39 is 36.0 Å².